The molecule has 0 atom stereocenters. The number of anilines is 1. The van der Waals surface area contributed by atoms with E-state index in [2.05, 4.69) is 15.8 Å². The molecule has 0 heterocycles. The first-order valence-corrected chi connectivity index (χ1v) is 7.49. The summed E-state index contributed by atoms with van der Waals surface area (Å²) in [6.07, 6.45) is -0.388. The molecular weight excluding hydrogens is 314 g/mol. The first kappa shape index (κ1) is 19.1. The number of esters is 2. The Hall–Kier alpha value is -2.90. The molecule has 0 aliphatic rings. The lowest BCUT2D eigenvalue weighted by Gasteiger charge is -2.09. The number of hydrogen-bond acceptors (Lipinski definition) is 7. The maximum atomic E-state index is 12.2. The summed E-state index contributed by atoms with van der Waals surface area (Å²) in [5.74, 6) is -1.94. The van der Waals surface area contributed by atoms with Gasteiger partial charge in [-0.1, -0.05) is 12.1 Å². The Labute approximate surface area is 140 Å². The van der Waals surface area contributed by atoms with Gasteiger partial charge in [-0.15, -0.1) is 0 Å². The second kappa shape index (κ2) is 9.98. The molecule has 1 amide bonds. The Morgan fingerprint density at radius 1 is 1.08 bits per heavy atom. The van der Waals surface area contributed by atoms with Gasteiger partial charge in [0.25, 0.3) is 5.91 Å². The van der Waals surface area contributed by atoms with Crippen LogP contribution in [0.15, 0.2) is 29.4 Å². The van der Waals surface area contributed by atoms with Gasteiger partial charge in [0.05, 0.1) is 25.2 Å². The summed E-state index contributed by atoms with van der Waals surface area (Å²) in [4.78, 5) is 35.6. The second-order valence-electron chi connectivity index (χ2n) is 4.50. The van der Waals surface area contributed by atoms with Crippen molar-refractivity contribution in [3.63, 3.8) is 0 Å². The van der Waals surface area contributed by atoms with E-state index in [1.807, 2.05) is 0 Å². The average molecular weight is 335 g/mol. The molecule has 1 aromatic carbocycles. The number of hydrogen-bond donors (Lipinski definition) is 2. The van der Waals surface area contributed by atoms with E-state index in [-0.39, 0.29) is 25.3 Å². The third kappa shape index (κ3) is 5.71. The van der Waals surface area contributed by atoms with Gasteiger partial charge in [-0.25, -0.2) is 10.2 Å². The Kier molecular flexibility index (Phi) is 7.97. The summed E-state index contributed by atoms with van der Waals surface area (Å²) in [5, 5.41) is 6.61. The van der Waals surface area contributed by atoms with Gasteiger partial charge in [-0.2, -0.15) is 5.10 Å². The Balaban J connectivity index is 2.91. The molecule has 0 aliphatic heterocycles. The molecule has 130 valence electrons. The first-order valence-electron chi connectivity index (χ1n) is 7.49. The van der Waals surface area contributed by atoms with Crippen molar-refractivity contribution in [3.05, 3.63) is 29.8 Å². The fourth-order valence-corrected chi connectivity index (χ4v) is 1.80. The Bertz CT molecular complexity index is 628. The lowest BCUT2D eigenvalue weighted by atomic mass is 10.1. The number of amides is 1. The van der Waals surface area contributed by atoms with E-state index in [0.29, 0.717) is 11.3 Å². The number of hydrazone groups is 1. The first-order chi connectivity index (χ1) is 11.5. The van der Waals surface area contributed by atoms with E-state index in [9.17, 15) is 14.4 Å². The van der Waals surface area contributed by atoms with Gasteiger partial charge in [-0.05, 0) is 26.0 Å². The second-order valence-corrected chi connectivity index (χ2v) is 4.50. The van der Waals surface area contributed by atoms with Gasteiger partial charge < -0.3 is 14.8 Å². The maximum absolute atomic E-state index is 12.2. The van der Waals surface area contributed by atoms with Crippen molar-refractivity contribution in [1.29, 1.82) is 0 Å². The van der Waals surface area contributed by atoms with Crippen molar-refractivity contribution in [2.24, 2.45) is 5.10 Å². The zero-order chi connectivity index (χ0) is 17.9. The fourth-order valence-electron chi connectivity index (χ4n) is 1.80. The van der Waals surface area contributed by atoms with Crippen LogP contribution in [0.4, 0.5) is 5.69 Å². The summed E-state index contributed by atoms with van der Waals surface area (Å²) >= 11 is 0. The Morgan fingerprint density at radius 3 is 2.38 bits per heavy atom. The van der Waals surface area contributed by atoms with Gasteiger partial charge in [0.2, 0.25) is 0 Å². The van der Waals surface area contributed by atoms with Crippen LogP contribution >= 0.6 is 0 Å². The minimum atomic E-state index is -0.784. The number of carbonyl (C=O) groups excluding carboxylic acids is 3. The predicted octanol–water partition coefficient (Wildman–Crippen LogP) is 1.33. The quantitative estimate of drug-likeness (QED) is 0.422. The molecule has 1 rings (SSSR count). The highest BCUT2D eigenvalue weighted by atomic mass is 16.5. The van der Waals surface area contributed by atoms with Crippen LogP contribution in [0.25, 0.3) is 0 Å². The number of nitrogens with zero attached hydrogens (tertiary/aromatic N) is 1. The highest BCUT2D eigenvalue weighted by molar-refractivity contribution is 6.39. The molecule has 0 radical (unpaired) electrons. The van der Waals surface area contributed by atoms with Crippen LogP contribution in [-0.4, -0.2) is 43.8 Å². The molecule has 1 aromatic rings. The third-order valence-corrected chi connectivity index (χ3v) is 2.86. The van der Waals surface area contributed by atoms with Crippen LogP contribution < -0.4 is 10.7 Å². The summed E-state index contributed by atoms with van der Waals surface area (Å²) in [5.41, 5.74) is 2.99. The van der Waals surface area contributed by atoms with Gasteiger partial charge in [0.1, 0.15) is 0 Å². The van der Waals surface area contributed by atoms with Crippen LogP contribution in [0.5, 0.6) is 0 Å². The van der Waals surface area contributed by atoms with Gasteiger partial charge in [0, 0.05) is 12.7 Å². The topological polar surface area (TPSA) is 106 Å². The minimum absolute atomic E-state index is 0.122. The number of benzene rings is 1. The zero-order valence-corrected chi connectivity index (χ0v) is 13.9. The van der Waals surface area contributed by atoms with Crippen molar-refractivity contribution in [3.8, 4) is 0 Å². The van der Waals surface area contributed by atoms with Crippen molar-refractivity contribution in [2.75, 3.05) is 25.6 Å². The smallest absolute Gasteiger partial charge is 0.355 e. The van der Waals surface area contributed by atoms with Crippen LogP contribution in [0.3, 0.4) is 0 Å². The Morgan fingerprint density at radius 2 is 1.75 bits per heavy atom. The summed E-state index contributed by atoms with van der Waals surface area (Å²) < 4.78 is 9.60. The molecule has 8 heteroatoms. The molecule has 0 aliphatic carbocycles. The lowest BCUT2D eigenvalue weighted by molar-refractivity contribution is -0.143. The number of carbonyl (C=O) groups is 3. The van der Waals surface area contributed by atoms with Crippen LogP contribution in [0, 0.1) is 0 Å². The van der Waals surface area contributed by atoms with Crippen molar-refractivity contribution >= 4 is 29.2 Å². The largest absolute Gasteiger partial charge is 0.466 e. The molecule has 0 spiro atoms. The summed E-state index contributed by atoms with van der Waals surface area (Å²) in [6.45, 7) is 3.57. The molecule has 0 unspecified atom stereocenters. The van der Waals surface area contributed by atoms with Crippen LogP contribution in [0.2, 0.25) is 0 Å². The molecule has 0 bridgehead atoms. The molecule has 2 N–H and O–H groups in total. The van der Waals surface area contributed by atoms with E-state index in [1.165, 1.54) is 0 Å². The molecule has 0 saturated carbocycles. The monoisotopic (exact) mass is 335 g/mol. The van der Waals surface area contributed by atoms with E-state index in [1.54, 1.807) is 45.2 Å². The van der Waals surface area contributed by atoms with Crippen molar-refractivity contribution in [2.45, 2.75) is 20.3 Å². The summed E-state index contributed by atoms with van der Waals surface area (Å²) in [6, 6.07) is 6.80. The third-order valence-electron chi connectivity index (χ3n) is 2.86. The van der Waals surface area contributed by atoms with E-state index in [4.69, 9.17) is 9.47 Å². The highest BCUT2D eigenvalue weighted by Crippen LogP contribution is 2.13. The molecule has 0 saturated heterocycles. The molecule has 0 fully saturated rings. The van der Waals surface area contributed by atoms with Gasteiger partial charge in [-0.3, -0.25) is 9.59 Å². The normalized spacial score (nSPS) is 10.7. The molecule has 8 nitrogen and oxygen atoms in total. The number of nitrogens with one attached hydrogen (secondary N) is 2. The van der Waals surface area contributed by atoms with Gasteiger partial charge in [0.15, 0.2) is 5.71 Å². The molecule has 0 aromatic heterocycles. The van der Waals surface area contributed by atoms with Crippen molar-refractivity contribution < 1.29 is 23.9 Å². The number of rotatable bonds is 8. The maximum Gasteiger partial charge on any atom is 0.355 e. The molecule has 24 heavy (non-hydrogen) atoms. The zero-order valence-electron chi connectivity index (χ0n) is 13.9. The molecular formula is C16H21N3O5. The van der Waals surface area contributed by atoms with E-state index < -0.39 is 17.8 Å². The number of para-hydroxylation sites is 1. The summed E-state index contributed by atoms with van der Waals surface area (Å²) in [7, 11) is 1.68. The standard InChI is InChI=1S/C16H21N3O5/c1-4-23-14(20)10-13(16(22)24-5-2)18-19-15(21)11-8-6-7-9-12(11)17-3/h6-9,17H,4-5,10H2,1-3H3,(H,19,21)/b18-13+. The SMILES string of the molecule is CCOC(=O)C/C(=N\NC(=O)c1ccccc1NC)C(=O)OCC. The number of ether oxygens (including phenoxy) is 2. The van der Waals surface area contributed by atoms with E-state index in [0.717, 1.165) is 0 Å². The van der Waals surface area contributed by atoms with Crippen molar-refractivity contribution in [1.82, 2.24) is 5.43 Å². The van der Waals surface area contributed by atoms with Crippen LogP contribution in [0.1, 0.15) is 30.6 Å². The van der Waals surface area contributed by atoms with Crippen LogP contribution in [-0.2, 0) is 19.1 Å². The lowest BCUT2D eigenvalue weighted by Crippen LogP contribution is -2.27. The van der Waals surface area contributed by atoms with E-state index >= 15 is 0 Å². The minimum Gasteiger partial charge on any atom is -0.466 e. The fraction of sp³-hybridized carbons (Fsp3) is 0.375. The highest BCUT2D eigenvalue weighted by Gasteiger charge is 2.19. The van der Waals surface area contributed by atoms with Gasteiger partial charge >= 0.3 is 11.9 Å². The average Bonchev–Trinajstić information content (AvgIpc) is 2.58. The predicted molar refractivity (Wildman–Crippen MR) is 88.8 cm³/mol.